The number of halogens is 2. The number of hydrogen-bond donors (Lipinski definition) is 1. The second-order valence-electron chi connectivity index (χ2n) is 7.46. The summed E-state index contributed by atoms with van der Waals surface area (Å²) < 4.78 is 81.0. The van der Waals surface area contributed by atoms with Crippen LogP contribution in [0.4, 0.5) is 8.78 Å². The number of aliphatic imine (C=N–C) groups is 1. The zero-order chi connectivity index (χ0) is 25.2. The lowest BCUT2D eigenvalue weighted by Gasteiger charge is -2.18. The first-order valence-corrected chi connectivity index (χ1v) is 13.8. The zero-order valence-electron chi connectivity index (χ0n) is 18.4. The fourth-order valence-electron chi connectivity index (χ4n) is 3.21. The van der Waals surface area contributed by atoms with Gasteiger partial charge in [-0.2, -0.15) is 8.78 Å². The van der Waals surface area contributed by atoms with Gasteiger partial charge in [0.25, 0.3) is 0 Å². The van der Waals surface area contributed by atoms with Gasteiger partial charge >= 0.3 is 6.61 Å². The van der Waals surface area contributed by atoms with E-state index in [9.17, 15) is 30.4 Å². The normalized spacial score (nSPS) is 13.2. The first-order chi connectivity index (χ1) is 16.0. The van der Waals surface area contributed by atoms with Crippen LogP contribution in [0.25, 0.3) is 0 Å². The lowest BCUT2D eigenvalue weighted by Crippen LogP contribution is -2.40. The van der Waals surface area contributed by atoms with Crippen LogP contribution in [-0.4, -0.2) is 60.7 Å². The summed E-state index contributed by atoms with van der Waals surface area (Å²) >= 11 is 0. The molecule has 0 saturated carbocycles. The molecule has 8 nitrogen and oxygen atoms in total. The topological polar surface area (TPSA) is 119 Å². The number of nitrogens with one attached hydrogen (secondary N) is 1. The number of para-hydroxylation sites is 1. The summed E-state index contributed by atoms with van der Waals surface area (Å²) in [5.41, 5.74) is 0.480. The Hall–Kier alpha value is -2.86. The molecule has 0 heterocycles. The SMILES string of the molecule is CN=CCNC(=O)C(CS(=O)(=O)Cc1ccccc1)CS(=O)(=O)Cc1ccccc1OC(F)F. The molecule has 34 heavy (non-hydrogen) atoms. The van der Waals surface area contributed by atoms with Gasteiger partial charge in [0.15, 0.2) is 19.7 Å². The molecule has 0 spiro atoms. The van der Waals surface area contributed by atoms with Crippen molar-refractivity contribution in [2.24, 2.45) is 10.9 Å². The van der Waals surface area contributed by atoms with Crippen molar-refractivity contribution >= 4 is 31.8 Å². The standard InChI is InChI=1S/C22H26F2N2O6S2/c1-25-11-12-26-21(27)19(15-33(28,29)13-17-7-3-2-4-8-17)16-34(30,31)14-18-9-5-6-10-20(18)32-22(23)24/h2-11,19,22H,12-16H2,1H3,(H,26,27). The number of sulfone groups is 2. The monoisotopic (exact) mass is 516 g/mol. The van der Waals surface area contributed by atoms with Gasteiger partial charge in [0.2, 0.25) is 5.91 Å². The predicted molar refractivity (Wildman–Crippen MR) is 125 cm³/mol. The van der Waals surface area contributed by atoms with Crippen molar-refractivity contribution in [1.29, 1.82) is 0 Å². The number of carbonyl (C=O) groups excluding carboxylic acids is 1. The number of alkyl halides is 2. The van der Waals surface area contributed by atoms with Crippen LogP contribution in [0.2, 0.25) is 0 Å². The molecule has 0 saturated heterocycles. The smallest absolute Gasteiger partial charge is 0.387 e. The Morgan fingerprint density at radius 1 is 0.971 bits per heavy atom. The van der Waals surface area contributed by atoms with Crippen LogP contribution in [0, 0.1) is 5.92 Å². The van der Waals surface area contributed by atoms with Crippen molar-refractivity contribution in [3.8, 4) is 5.75 Å². The van der Waals surface area contributed by atoms with E-state index in [-0.39, 0.29) is 23.6 Å². The van der Waals surface area contributed by atoms with E-state index in [0.717, 1.165) is 0 Å². The average molecular weight is 517 g/mol. The lowest BCUT2D eigenvalue weighted by atomic mass is 10.2. The molecular formula is C22H26F2N2O6S2. The van der Waals surface area contributed by atoms with E-state index in [1.165, 1.54) is 37.5 Å². The Balaban J connectivity index is 2.24. The van der Waals surface area contributed by atoms with Gasteiger partial charge in [-0.25, -0.2) is 16.8 Å². The summed E-state index contributed by atoms with van der Waals surface area (Å²) in [5, 5.41) is 2.45. The lowest BCUT2D eigenvalue weighted by molar-refractivity contribution is -0.123. The number of hydrogen-bond acceptors (Lipinski definition) is 7. The minimum absolute atomic E-state index is 0.00429. The molecule has 2 rings (SSSR count). The van der Waals surface area contributed by atoms with Gasteiger partial charge in [0, 0.05) is 18.8 Å². The summed E-state index contributed by atoms with van der Waals surface area (Å²) in [5.74, 6) is -5.04. The molecule has 0 aliphatic heterocycles. The largest absolute Gasteiger partial charge is 0.435 e. The van der Waals surface area contributed by atoms with Crippen LogP contribution < -0.4 is 10.1 Å². The van der Waals surface area contributed by atoms with Gasteiger partial charge in [-0.15, -0.1) is 0 Å². The van der Waals surface area contributed by atoms with Gasteiger partial charge in [0.1, 0.15) is 5.75 Å². The highest BCUT2D eigenvalue weighted by Crippen LogP contribution is 2.24. The van der Waals surface area contributed by atoms with Crippen molar-refractivity contribution < 1.29 is 35.1 Å². The van der Waals surface area contributed by atoms with E-state index < -0.39 is 55.4 Å². The van der Waals surface area contributed by atoms with Gasteiger partial charge < -0.3 is 10.1 Å². The van der Waals surface area contributed by atoms with Crippen LogP contribution in [0.3, 0.4) is 0 Å². The number of amides is 1. The third-order valence-corrected chi connectivity index (χ3v) is 7.97. The first kappa shape index (κ1) is 27.4. The molecule has 0 aromatic heterocycles. The van der Waals surface area contributed by atoms with E-state index in [0.29, 0.717) is 5.56 Å². The van der Waals surface area contributed by atoms with Crippen LogP contribution in [0.5, 0.6) is 5.75 Å². The summed E-state index contributed by atoms with van der Waals surface area (Å²) in [7, 11) is -6.47. The van der Waals surface area contributed by atoms with Gasteiger partial charge in [0.05, 0.1) is 35.5 Å². The molecule has 1 N–H and O–H groups in total. The maximum atomic E-state index is 12.9. The van der Waals surface area contributed by atoms with Crippen molar-refractivity contribution in [2.45, 2.75) is 18.1 Å². The van der Waals surface area contributed by atoms with Gasteiger partial charge in [-0.1, -0.05) is 48.5 Å². The van der Waals surface area contributed by atoms with Gasteiger partial charge in [-0.3, -0.25) is 9.79 Å². The van der Waals surface area contributed by atoms with Crippen molar-refractivity contribution in [1.82, 2.24) is 5.32 Å². The van der Waals surface area contributed by atoms with Crippen LogP contribution >= 0.6 is 0 Å². The molecule has 0 fully saturated rings. The number of ether oxygens (including phenoxy) is 1. The summed E-state index contributed by atoms with van der Waals surface area (Å²) in [6.07, 6.45) is 1.37. The number of rotatable bonds is 13. The second-order valence-corrected chi connectivity index (χ2v) is 11.7. The Morgan fingerprint density at radius 2 is 1.56 bits per heavy atom. The summed E-state index contributed by atoms with van der Waals surface area (Å²) in [6.45, 7) is -3.15. The van der Waals surface area contributed by atoms with Crippen molar-refractivity contribution in [3.05, 3.63) is 65.7 Å². The highest BCUT2D eigenvalue weighted by molar-refractivity contribution is 7.91. The van der Waals surface area contributed by atoms with E-state index >= 15 is 0 Å². The minimum atomic E-state index is -4.10. The Kier molecular flexibility index (Phi) is 10.1. The molecule has 12 heteroatoms. The second kappa shape index (κ2) is 12.6. The molecule has 1 unspecified atom stereocenters. The molecule has 0 radical (unpaired) electrons. The maximum Gasteiger partial charge on any atom is 0.387 e. The minimum Gasteiger partial charge on any atom is -0.435 e. The fraction of sp³-hybridized carbons (Fsp3) is 0.364. The highest BCUT2D eigenvalue weighted by Gasteiger charge is 2.31. The average Bonchev–Trinajstić information content (AvgIpc) is 2.74. The molecule has 0 bridgehead atoms. The van der Waals surface area contributed by atoms with Crippen LogP contribution in [-0.2, 0) is 36.0 Å². The van der Waals surface area contributed by atoms with E-state index in [2.05, 4.69) is 15.0 Å². The fourth-order valence-corrected chi connectivity index (χ4v) is 6.77. The predicted octanol–water partition coefficient (Wildman–Crippen LogP) is 2.25. The maximum absolute atomic E-state index is 12.9. The molecule has 0 aliphatic rings. The summed E-state index contributed by atoms with van der Waals surface area (Å²) in [6, 6.07) is 13.7. The highest BCUT2D eigenvalue weighted by atomic mass is 32.2. The molecule has 186 valence electrons. The molecule has 2 aromatic rings. The first-order valence-electron chi connectivity index (χ1n) is 10.2. The number of carbonyl (C=O) groups is 1. The molecule has 0 aliphatic carbocycles. The van der Waals surface area contributed by atoms with Crippen LogP contribution in [0.1, 0.15) is 11.1 Å². The Morgan fingerprint density at radius 3 is 2.18 bits per heavy atom. The number of nitrogens with zero attached hydrogens (tertiary/aromatic N) is 1. The Bertz CT molecular complexity index is 1190. The van der Waals surface area contributed by atoms with Crippen molar-refractivity contribution in [3.63, 3.8) is 0 Å². The molecular weight excluding hydrogens is 490 g/mol. The van der Waals surface area contributed by atoms with Gasteiger partial charge in [-0.05, 0) is 11.6 Å². The quantitative estimate of drug-likeness (QED) is 0.408. The van der Waals surface area contributed by atoms with Crippen LogP contribution in [0.15, 0.2) is 59.6 Å². The van der Waals surface area contributed by atoms with E-state index in [1.54, 1.807) is 30.3 Å². The Labute approximate surface area is 197 Å². The molecule has 1 amide bonds. The number of benzene rings is 2. The van der Waals surface area contributed by atoms with E-state index in [4.69, 9.17) is 0 Å². The van der Waals surface area contributed by atoms with E-state index in [1.807, 2.05) is 0 Å². The molecule has 2 aromatic carbocycles. The zero-order valence-corrected chi connectivity index (χ0v) is 20.1. The molecule has 1 atom stereocenters. The third kappa shape index (κ3) is 9.56. The summed E-state index contributed by atoms with van der Waals surface area (Å²) in [4.78, 5) is 16.4. The van der Waals surface area contributed by atoms with Crippen molar-refractivity contribution in [2.75, 3.05) is 25.1 Å². The third-order valence-electron chi connectivity index (χ3n) is 4.62.